The van der Waals surface area contributed by atoms with E-state index in [1.807, 2.05) is 30.3 Å². The van der Waals surface area contributed by atoms with Gasteiger partial charge in [0.2, 0.25) is 0 Å². The third kappa shape index (κ3) is 8.32. The fourth-order valence-corrected chi connectivity index (χ4v) is 1.91. The number of likely N-dealkylation sites (N-methyl/N-ethyl adjacent to an activating group) is 1. The quantitative estimate of drug-likeness (QED) is 0.647. The first kappa shape index (κ1) is 17.5. The Labute approximate surface area is 127 Å². The number of benzene rings is 1. The third-order valence-corrected chi connectivity index (χ3v) is 3.27. The van der Waals surface area contributed by atoms with E-state index in [1.54, 1.807) is 0 Å². The van der Waals surface area contributed by atoms with Crippen LogP contribution >= 0.6 is 0 Å². The molecule has 0 saturated carbocycles. The molecule has 0 aliphatic carbocycles. The van der Waals surface area contributed by atoms with Gasteiger partial charge in [-0.15, -0.1) is 0 Å². The molecule has 118 valence electrons. The van der Waals surface area contributed by atoms with E-state index in [2.05, 4.69) is 29.4 Å². The lowest BCUT2D eigenvalue weighted by atomic mass is 10.2. The van der Waals surface area contributed by atoms with Crippen molar-refractivity contribution in [2.75, 3.05) is 39.4 Å². The molecule has 0 aliphatic rings. The Morgan fingerprint density at radius 3 is 2.48 bits per heavy atom. The van der Waals surface area contributed by atoms with E-state index in [1.165, 1.54) is 0 Å². The summed E-state index contributed by atoms with van der Waals surface area (Å²) < 4.78 is 5.50. The van der Waals surface area contributed by atoms with Crippen molar-refractivity contribution in [1.29, 1.82) is 0 Å². The Bertz CT molecular complexity index is 380. The van der Waals surface area contributed by atoms with Crippen molar-refractivity contribution in [3.05, 3.63) is 35.9 Å². The van der Waals surface area contributed by atoms with E-state index >= 15 is 0 Å². The summed E-state index contributed by atoms with van der Waals surface area (Å²) >= 11 is 0. The predicted molar refractivity (Wildman–Crippen MR) is 85.3 cm³/mol. The number of carbonyl (C=O) groups excluding carboxylic acids is 1. The van der Waals surface area contributed by atoms with Crippen LogP contribution in [0.3, 0.4) is 0 Å². The maximum atomic E-state index is 11.6. The van der Waals surface area contributed by atoms with Crippen molar-refractivity contribution in [1.82, 2.24) is 15.5 Å². The molecule has 1 rings (SSSR count). The Hall–Kier alpha value is -1.59. The van der Waals surface area contributed by atoms with Crippen LogP contribution in [0.25, 0.3) is 0 Å². The molecule has 0 fully saturated rings. The van der Waals surface area contributed by atoms with Crippen molar-refractivity contribution >= 4 is 6.03 Å². The highest BCUT2D eigenvalue weighted by molar-refractivity contribution is 5.73. The number of carbonyl (C=O) groups is 1. The SMILES string of the molecule is CCN(CC)CCOCCNC(=O)NCc1ccccc1. The van der Waals surface area contributed by atoms with Crippen molar-refractivity contribution in [2.24, 2.45) is 0 Å². The van der Waals surface area contributed by atoms with Crippen LogP contribution in [0.15, 0.2) is 30.3 Å². The Balaban J connectivity index is 1.98. The number of ether oxygens (including phenoxy) is 1. The smallest absolute Gasteiger partial charge is 0.315 e. The summed E-state index contributed by atoms with van der Waals surface area (Å²) in [6.07, 6.45) is 0. The van der Waals surface area contributed by atoms with E-state index in [0.717, 1.165) is 25.2 Å². The first-order valence-corrected chi connectivity index (χ1v) is 7.62. The molecule has 2 N–H and O–H groups in total. The van der Waals surface area contributed by atoms with Crippen LogP contribution in [-0.4, -0.2) is 50.3 Å². The first-order valence-electron chi connectivity index (χ1n) is 7.62. The number of rotatable bonds is 10. The van der Waals surface area contributed by atoms with Crippen LogP contribution in [0, 0.1) is 0 Å². The molecule has 21 heavy (non-hydrogen) atoms. The van der Waals surface area contributed by atoms with Gasteiger partial charge in [-0.2, -0.15) is 0 Å². The lowest BCUT2D eigenvalue weighted by Gasteiger charge is -2.17. The fourth-order valence-electron chi connectivity index (χ4n) is 1.91. The third-order valence-electron chi connectivity index (χ3n) is 3.27. The molecular formula is C16H27N3O2. The Morgan fingerprint density at radius 1 is 1.10 bits per heavy atom. The summed E-state index contributed by atoms with van der Waals surface area (Å²) in [6, 6.07) is 9.68. The van der Waals surface area contributed by atoms with Gasteiger partial charge in [0.05, 0.1) is 13.2 Å². The second-order valence-electron chi connectivity index (χ2n) is 4.73. The number of amides is 2. The maximum absolute atomic E-state index is 11.6. The van der Waals surface area contributed by atoms with Crippen LogP contribution < -0.4 is 10.6 Å². The highest BCUT2D eigenvalue weighted by Gasteiger charge is 2.00. The molecule has 0 heterocycles. The van der Waals surface area contributed by atoms with Crippen LogP contribution in [0.2, 0.25) is 0 Å². The molecule has 1 aromatic rings. The van der Waals surface area contributed by atoms with Gasteiger partial charge in [0, 0.05) is 19.6 Å². The summed E-state index contributed by atoms with van der Waals surface area (Å²) in [6.45, 7) is 9.61. The van der Waals surface area contributed by atoms with Crippen molar-refractivity contribution in [3.63, 3.8) is 0 Å². The van der Waals surface area contributed by atoms with E-state index in [9.17, 15) is 4.79 Å². The molecular weight excluding hydrogens is 266 g/mol. The number of nitrogens with one attached hydrogen (secondary N) is 2. The second kappa shape index (κ2) is 11.1. The Kier molecular flexibility index (Phi) is 9.24. The molecule has 0 aromatic heterocycles. The van der Waals surface area contributed by atoms with Gasteiger partial charge in [-0.25, -0.2) is 4.79 Å². The molecule has 0 unspecified atom stereocenters. The molecule has 0 saturated heterocycles. The van der Waals surface area contributed by atoms with Crippen molar-refractivity contribution in [2.45, 2.75) is 20.4 Å². The van der Waals surface area contributed by atoms with Gasteiger partial charge in [-0.1, -0.05) is 44.2 Å². The number of urea groups is 1. The second-order valence-corrected chi connectivity index (χ2v) is 4.73. The maximum Gasteiger partial charge on any atom is 0.315 e. The lowest BCUT2D eigenvalue weighted by Crippen LogP contribution is -2.37. The van der Waals surface area contributed by atoms with Gasteiger partial charge in [0.1, 0.15) is 0 Å². The fraction of sp³-hybridized carbons (Fsp3) is 0.562. The summed E-state index contributed by atoms with van der Waals surface area (Å²) in [7, 11) is 0. The van der Waals surface area contributed by atoms with Crippen molar-refractivity contribution < 1.29 is 9.53 Å². The van der Waals surface area contributed by atoms with Crippen LogP contribution in [0.5, 0.6) is 0 Å². The number of hydrogen-bond donors (Lipinski definition) is 2. The molecule has 0 bridgehead atoms. The molecule has 1 aromatic carbocycles. The molecule has 0 radical (unpaired) electrons. The average Bonchev–Trinajstić information content (AvgIpc) is 2.53. The number of hydrogen-bond acceptors (Lipinski definition) is 3. The van der Waals surface area contributed by atoms with Gasteiger partial charge in [-0.05, 0) is 18.7 Å². The summed E-state index contributed by atoms with van der Waals surface area (Å²) in [5.41, 5.74) is 1.09. The predicted octanol–water partition coefficient (Wildman–Crippen LogP) is 1.84. The topological polar surface area (TPSA) is 53.6 Å². The molecule has 0 spiro atoms. The van der Waals surface area contributed by atoms with Crippen LogP contribution in [-0.2, 0) is 11.3 Å². The van der Waals surface area contributed by atoms with E-state index in [4.69, 9.17) is 4.74 Å². The monoisotopic (exact) mass is 293 g/mol. The van der Waals surface area contributed by atoms with Gasteiger partial charge < -0.3 is 20.3 Å². The standard InChI is InChI=1S/C16H27N3O2/c1-3-19(4-2)11-13-21-12-10-17-16(20)18-14-15-8-6-5-7-9-15/h5-9H,3-4,10-14H2,1-2H3,(H2,17,18,20). The summed E-state index contributed by atoms with van der Waals surface area (Å²) in [4.78, 5) is 13.9. The van der Waals surface area contributed by atoms with E-state index < -0.39 is 0 Å². The van der Waals surface area contributed by atoms with E-state index in [0.29, 0.717) is 26.3 Å². The average molecular weight is 293 g/mol. The van der Waals surface area contributed by atoms with Crippen molar-refractivity contribution in [3.8, 4) is 0 Å². The highest BCUT2D eigenvalue weighted by atomic mass is 16.5. The van der Waals surface area contributed by atoms with Crippen LogP contribution in [0.4, 0.5) is 4.79 Å². The molecule has 2 amide bonds. The Morgan fingerprint density at radius 2 is 1.81 bits per heavy atom. The molecule has 5 heteroatoms. The minimum absolute atomic E-state index is 0.161. The molecule has 0 aliphatic heterocycles. The molecule has 0 atom stereocenters. The van der Waals surface area contributed by atoms with E-state index in [-0.39, 0.29) is 6.03 Å². The van der Waals surface area contributed by atoms with Gasteiger partial charge in [0.15, 0.2) is 0 Å². The van der Waals surface area contributed by atoms with Gasteiger partial charge in [0.25, 0.3) is 0 Å². The summed E-state index contributed by atoms with van der Waals surface area (Å²) in [5, 5.41) is 5.59. The normalized spacial score (nSPS) is 10.6. The zero-order valence-electron chi connectivity index (χ0n) is 13.1. The van der Waals surface area contributed by atoms with Gasteiger partial charge >= 0.3 is 6.03 Å². The zero-order valence-corrected chi connectivity index (χ0v) is 13.1. The van der Waals surface area contributed by atoms with Crippen LogP contribution in [0.1, 0.15) is 19.4 Å². The molecule has 5 nitrogen and oxygen atoms in total. The summed E-state index contributed by atoms with van der Waals surface area (Å²) in [5.74, 6) is 0. The lowest BCUT2D eigenvalue weighted by molar-refractivity contribution is 0.109. The highest BCUT2D eigenvalue weighted by Crippen LogP contribution is 1.96. The number of nitrogens with zero attached hydrogens (tertiary/aromatic N) is 1. The minimum Gasteiger partial charge on any atom is -0.378 e. The zero-order chi connectivity index (χ0) is 15.3. The minimum atomic E-state index is -0.161. The van der Waals surface area contributed by atoms with Gasteiger partial charge in [-0.3, -0.25) is 0 Å². The largest absolute Gasteiger partial charge is 0.378 e. The first-order chi connectivity index (χ1) is 10.3.